The standard InChI is InChI=1S/C13H16ClN3OS/c14-12-3-1-2-11(8-12)9-15-16-13(18)10-17-4-6-19-7-5-17/h1-3,8-9H,4-7,10H2,(H,16,18)/b15-9+. The number of amides is 1. The molecule has 0 unspecified atom stereocenters. The van der Waals surface area contributed by atoms with Gasteiger partial charge >= 0.3 is 0 Å². The largest absolute Gasteiger partial charge is 0.293 e. The number of nitrogens with zero attached hydrogens (tertiary/aromatic N) is 2. The van der Waals surface area contributed by atoms with Crippen molar-refractivity contribution in [3.8, 4) is 0 Å². The first kappa shape index (κ1) is 14.4. The van der Waals surface area contributed by atoms with E-state index in [2.05, 4.69) is 15.4 Å². The second-order valence-corrected chi connectivity index (χ2v) is 5.90. The second kappa shape index (κ2) is 7.53. The van der Waals surface area contributed by atoms with Crippen molar-refractivity contribution in [2.24, 2.45) is 5.10 Å². The molecule has 19 heavy (non-hydrogen) atoms. The second-order valence-electron chi connectivity index (χ2n) is 4.24. The maximum Gasteiger partial charge on any atom is 0.254 e. The van der Waals surface area contributed by atoms with Crippen LogP contribution in [-0.4, -0.2) is 48.2 Å². The first-order chi connectivity index (χ1) is 9.24. The number of carbonyl (C=O) groups is 1. The number of hydrogen-bond donors (Lipinski definition) is 1. The first-order valence-corrected chi connectivity index (χ1v) is 7.65. The molecule has 4 nitrogen and oxygen atoms in total. The van der Waals surface area contributed by atoms with E-state index in [9.17, 15) is 4.79 Å². The van der Waals surface area contributed by atoms with Crippen LogP contribution in [0.5, 0.6) is 0 Å². The molecule has 0 aliphatic carbocycles. The number of carbonyl (C=O) groups excluding carboxylic acids is 1. The van der Waals surface area contributed by atoms with Crippen LogP contribution in [-0.2, 0) is 4.79 Å². The molecule has 1 aliphatic heterocycles. The van der Waals surface area contributed by atoms with Crippen molar-refractivity contribution in [3.05, 3.63) is 34.9 Å². The van der Waals surface area contributed by atoms with E-state index in [4.69, 9.17) is 11.6 Å². The summed E-state index contributed by atoms with van der Waals surface area (Å²) in [6.07, 6.45) is 1.59. The monoisotopic (exact) mass is 297 g/mol. The SMILES string of the molecule is O=C(CN1CCSCC1)N/N=C/c1cccc(Cl)c1. The van der Waals surface area contributed by atoms with Crippen LogP contribution in [0.4, 0.5) is 0 Å². The highest BCUT2D eigenvalue weighted by Crippen LogP contribution is 2.09. The quantitative estimate of drug-likeness (QED) is 0.681. The molecule has 2 rings (SSSR count). The fourth-order valence-corrected chi connectivity index (χ4v) is 2.94. The van der Waals surface area contributed by atoms with Gasteiger partial charge in [0.25, 0.3) is 5.91 Å². The molecule has 1 aliphatic rings. The van der Waals surface area contributed by atoms with Gasteiger partial charge in [0.2, 0.25) is 0 Å². The molecule has 1 heterocycles. The van der Waals surface area contributed by atoms with E-state index in [1.807, 2.05) is 23.9 Å². The molecule has 102 valence electrons. The summed E-state index contributed by atoms with van der Waals surface area (Å²) in [4.78, 5) is 13.8. The van der Waals surface area contributed by atoms with Gasteiger partial charge in [-0.3, -0.25) is 9.69 Å². The number of thioether (sulfide) groups is 1. The Labute approximate surface area is 122 Å². The minimum Gasteiger partial charge on any atom is -0.293 e. The number of nitrogens with one attached hydrogen (secondary N) is 1. The van der Waals surface area contributed by atoms with Crippen LogP contribution in [0.1, 0.15) is 5.56 Å². The molecule has 1 fully saturated rings. The normalized spacial score (nSPS) is 16.7. The van der Waals surface area contributed by atoms with Gasteiger partial charge in [0.1, 0.15) is 0 Å². The van der Waals surface area contributed by atoms with Gasteiger partial charge in [-0.15, -0.1) is 0 Å². The Kier molecular flexibility index (Phi) is 5.69. The van der Waals surface area contributed by atoms with Gasteiger partial charge in [-0.1, -0.05) is 23.7 Å². The van der Waals surface area contributed by atoms with E-state index in [0.29, 0.717) is 11.6 Å². The zero-order valence-corrected chi connectivity index (χ0v) is 12.1. The summed E-state index contributed by atoms with van der Waals surface area (Å²) >= 11 is 7.78. The highest BCUT2D eigenvalue weighted by Gasteiger charge is 2.13. The highest BCUT2D eigenvalue weighted by atomic mass is 35.5. The Bertz CT molecular complexity index is 461. The van der Waals surface area contributed by atoms with Crippen LogP contribution in [0.25, 0.3) is 0 Å². The number of rotatable bonds is 4. The average molecular weight is 298 g/mol. The van der Waals surface area contributed by atoms with Crippen LogP contribution in [0, 0.1) is 0 Å². The van der Waals surface area contributed by atoms with Gasteiger partial charge in [-0.05, 0) is 17.7 Å². The zero-order valence-electron chi connectivity index (χ0n) is 10.5. The molecule has 0 spiro atoms. The average Bonchev–Trinajstić information content (AvgIpc) is 2.40. The number of benzene rings is 1. The summed E-state index contributed by atoms with van der Waals surface area (Å²) in [6.45, 7) is 2.35. The first-order valence-electron chi connectivity index (χ1n) is 6.11. The van der Waals surface area contributed by atoms with Crippen molar-refractivity contribution in [1.29, 1.82) is 0 Å². The number of halogens is 1. The zero-order chi connectivity index (χ0) is 13.5. The van der Waals surface area contributed by atoms with Crippen molar-refractivity contribution < 1.29 is 4.79 Å². The molecule has 1 aromatic rings. The third-order valence-electron chi connectivity index (χ3n) is 2.72. The van der Waals surface area contributed by atoms with Crippen LogP contribution < -0.4 is 5.43 Å². The molecular weight excluding hydrogens is 282 g/mol. The molecule has 1 saturated heterocycles. The topological polar surface area (TPSA) is 44.7 Å². The third-order valence-corrected chi connectivity index (χ3v) is 3.90. The van der Waals surface area contributed by atoms with Crippen LogP contribution in [0.3, 0.4) is 0 Å². The fourth-order valence-electron chi connectivity index (χ4n) is 1.76. The number of hydrazone groups is 1. The molecule has 0 atom stereocenters. The Balaban J connectivity index is 1.76. The molecule has 0 saturated carbocycles. The maximum absolute atomic E-state index is 11.7. The number of hydrogen-bond acceptors (Lipinski definition) is 4. The van der Waals surface area contributed by atoms with Crippen molar-refractivity contribution in [1.82, 2.24) is 10.3 Å². The molecule has 1 aromatic carbocycles. The highest BCUT2D eigenvalue weighted by molar-refractivity contribution is 7.99. The molecule has 0 radical (unpaired) electrons. The van der Waals surface area contributed by atoms with E-state index in [1.165, 1.54) is 0 Å². The lowest BCUT2D eigenvalue weighted by molar-refractivity contribution is -0.122. The van der Waals surface area contributed by atoms with E-state index in [-0.39, 0.29) is 5.91 Å². The van der Waals surface area contributed by atoms with E-state index >= 15 is 0 Å². The van der Waals surface area contributed by atoms with Crippen molar-refractivity contribution >= 4 is 35.5 Å². The predicted octanol–water partition coefficient (Wildman–Crippen LogP) is 1.84. The van der Waals surface area contributed by atoms with Crippen molar-refractivity contribution in [3.63, 3.8) is 0 Å². The summed E-state index contributed by atoms with van der Waals surface area (Å²) in [5.41, 5.74) is 3.40. The van der Waals surface area contributed by atoms with Crippen LogP contribution in [0.15, 0.2) is 29.4 Å². The maximum atomic E-state index is 11.7. The minimum absolute atomic E-state index is 0.0785. The Morgan fingerprint density at radius 2 is 2.26 bits per heavy atom. The summed E-state index contributed by atoms with van der Waals surface area (Å²) < 4.78 is 0. The van der Waals surface area contributed by atoms with Gasteiger partial charge in [0.05, 0.1) is 12.8 Å². The molecule has 1 amide bonds. The van der Waals surface area contributed by atoms with Gasteiger partial charge in [0.15, 0.2) is 0 Å². The molecule has 6 heteroatoms. The van der Waals surface area contributed by atoms with Gasteiger partial charge in [-0.25, -0.2) is 5.43 Å². The lowest BCUT2D eigenvalue weighted by atomic mass is 10.2. The minimum atomic E-state index is -0.0785. The van der Waals surface area contributed by atoms with E-state index < -0.39 is 0 Å². The predicted molar refractivity (Wildman–Crippen MR) is 81.0 cm³/mol. The molecule has 1 N–H and O–H groups in total. The van der Waals surface area contributed by atoms with Crippen LogP contribution >= 0.6 is 23.4 Å². The smallest absolute Gasteiger partial charge is 0.254 e. The van der Waals surface area contributed by atoms with E-state index in [1.54, 1.807) is 18.3 Å². The summed E-state index contributed by atoms with van der Waals surface area (Å²) in [6, 6.07) is 7.31. The summed E-state index contributed by atoms with van der Waals surface area (Å²) in [7, 11) is 0. The van der Waals surface area contributed by atoms with Gasteiger partial charge in [-0.2, -0.15) is 16.9 Å². The Morgan fingerprint density at radius 1 is 1.47 bits per heavy atom. The Morgan fingerprint density at radius 3 is 3.00 bits per heavy atom. The molecular formula is C13H16ClN3OS. The lowest BCUT2D eigenvalue weighted by Crippen LogP contribution is -2.40. The third kappa shape index (κ3) is 5.22. The lowest BCUT2D eigenvalue weighted by Gasteiger charge is -2.24. The molecule has 0 aromatic heterocycles. The van der Waals surface area contributed by atoms with E-state index in [0.717, 1.165) is 30.2 Å². The fraction of sp³-hybridized carbons (Fsp3) is 0.385. The van der Waals surface area contributed by atoms with Crippen molar-refractivity contribution in [2.75, 3.05) is 31.1 Å². The van der Waals surface area contributed by atoms with Gasteiger partial charge < -0.3 is 0 Å². The van der Waals surface area contributed by atoms with Crippen LogP contribution in [0.2, 0.25) is 5.02 Å². The van der Waals surface area contributed by atoms with Gasteiger partial charge in [0, 0.05) is 29.6 Å². The Hall–Kier alpha value is -1.04. The summed E-state index contributed by atoms with van der Waals surface area (Å²) in [5, 5.41) is 4.59. The summed E-state index contributed by atoms with van der Waals surface area (Å²) in [5.74, 6) is 2.11. The molecule has 0 bridgehead atoms. The van der Waals surface area contributed by atoms with Crippen molar-refractivity contribution in [2.45, 2.75) is 0 Å².